The van der Waals surface area contributed by atoms with E-state index < -0.39 is 10.0 Å². The van der Waals surface area contributed by atoms with Crippen molar-refractivity contribution in [2.45, 2.75) is 32.2 Å². The van der Waals surface area contributed by atoms with E-state index in [2.05, 4.69) is 34.0 Å². The van der Waals surface area contributed by atoms with Crippen molar-refractivity contribution in [2.75, 3.05) is 18.0 Å². The number of benzene rings is 2. The molecule has 0 radical (unpaired) electrons. The van der Waals surface area contributed by atoms with Crippen molar-refractivity contribution in [3.8, 4) is 0 Å². The molecule has 2 aromatic rings. The van der Waals surface area contributed by atoms with Gasteiger partial charge in [-0.3, -0.25) is 4.79 Å². The van der Waals surface area contributed by atoms with Crippen LogP contribution in [0.4, 0.5) is 5.69 Å². The van der Waals surface area contributed by atoms with Gasteiger partial charge in [-0.2, -0.15) is 13.5 Å². The average molecular weight is 403 g/mol. The van der Waals surface area contributed by atoms with Gasteiger partial charge in [-0.25, -0.2) is 4.83 Å². The molecule has 0 saturated carbocycles. The van der Waals surface area contributed by atoms with Crippen molar-refractivity contribution in [1.82, 2.24) is 10.1 Å². The lowest BCUT2D eigenvalue weighted by Crippen LogP contribution is -2.21. The summed E-state index contributed by atoms with van der Waals surface area (Å²) in [7, 11) is -3.75. The smallest absolute Gasteiger partial charge is 0.276 e. The Morgan fingerprint density at radius 3 is 2.18 bits per heavy atom. The van der Waals surface area contributed by atoms with E-state index in [1.54, 1.807) is 12.1 Å². The zero-order valence-electron chi connectivity index (χ0n) is 16.3. The van der Waals surface area contributed by atoms with Gasteiger partial charge in [0.15, 0.2) is 0 Å². The molecule has 0 heterocycles. The molecule has 0 bridgehead atoms. The molecule has 0 aliphatic heterocycles. The lowest BCUT2D eigenvalue weighted by atomic mass is 10.2. The minimum Gasteiger partial charge on any atom is -0.372 e. The Labute approximate surface area is 166 Å². The van der Waals surface area contributed by atoms with Crippen LogP contribution in [-0.2, 0) is 21.4 Å². The summed E-state index contributed by atoms with van der Waals surface area (Å²) in [6, 6.07) is 14.0. The number of nitrogens with one attached hydrogen (secondary N) is 2. The molecule has 0 aliphatic rings. The molecule has 2 N–H and O–H groups in total. The Hall–Kier alpha value is -2.87. The number of sulfonamides is 1. The third-order valence-corrected chi connectivity index (χ3v) is 5.42. The predicted octanol–water partition coefficient (Wildman–Crippen LogP) is 2.48. The monoisotopic (exact) mass is 402 g/mol. The van der Waals surface area contributed by atoms with E-state index in [0.717, 1.165) is 29.9 Å². The van der Waals surface area contributed by atoms with Gasteiger partial charge in [-0.15, -0.1) is 0 Å². The molecular weight excluding hydrogens is 376 g/mol. The molecule has 0 fully saturated rings. The van der Waals surface area contributed by atoms with Gasteiger partial charge in [-0.1, -0.05) is 24.3 Å². The number of amides is 1. The van der Waals surface area contributed by atoms with Gasteiger partial charge in [0.1, 0.15) is 0 Å². The van der Waals surface area contributed by atoms with Crippen LogP contribution in [0.15, 0.2) is 58.5 Å². The van der Waals surface area contributed by atoms with E-state index in [1.807, 2.05) is 24.3 Å². The van der Waals surface area contributed by atoms with E-state index in [4.69, 9.17) is 0 Å². The zero-order chi connectivity index (χ0) is 20.6. The molecule has 0 atom stereocenters. The molecule has 2 rings (SSSR count). The standard InChI is InChI=1S/C20H26N4O3S/c1-4-24(5-2)19-10-6-18(7-11-19)15-22-23-28(26,27)20-12-8-17(9-13-20)14-21-16(3)25/h6-13,15,23H,4-5,14H2,1-3H3,(H,21,25)/b22-15-. The predicted molar refractivity (Wildman–Crippen MR) is 112 cm³/mol. The van der Waals surface area contributed by atoms with Crippen LogP contribution in [0.1, 0.15) is 31.9 Å². The second kappa shape index (κ2) is 9.89. The summed E-state index contributed by atoms with van der Waals surface area (Å²) in [5.74, 6) is -0.141. The highest BCUT2D eigenvalue weighted by Gasteiger charge is 2.12. The van der Waals surface area contributed by atoms with Crippen molar-refractivity contribution in [1.29, 1.82) is 0 Å². The van der Waals surface area contributed by atoms with Crippen LogP contribution in [0.5, 0.6) is 0 Å². The highest BCUT2D eigenvalue weighted by atomic mass is 32.2. The largest absolute Gasteiger partial charge is 0.372 e. The minimum atomic E-state index is -3.75. The summed E-state index contributed by atoms with van der Waals surface area (Å²) in [6.07, 6.45) is 1.47. The van der Waals surface area contributed by atoms with Gasteiger partial charge in [0.2, 0.25) is 5.91 Å². The summed E-state index contributed by atoms with van der Waals surface area (Å²) in [4.78, 5) is 15.5. The van der Waals surface area contributed by atoms with Gasteiger partial charge in [0, 0.05) is 32.2 Å². The first-order chi connectivity index (χ1) is 13.4. The zero-order valence-corrected chi connectivity index (χ0v) is 17.2. The van der Waals surface area contributed by atoms with Crippen molar-refractivity contribution < 1.29 is 13.2 Å². The highest BCUT2D eigenvalue weighted by molar-refractivity contribution is 7.89. The molecular formula is C20H26N4O3S. The van der Waals surface area contributed by atoms with Crippen LogP contribution in [0.2, 0.25) is 0 Å². The molecule has 0 aromatic heterocycles. The van der Waals surface area contributed by atoms with E-state index in [-0.39, 0.29) is 10.8 Å². The Morgan fingerprint density at radius 2 is 1.64 bits per heavy atom. The topological polar surface area (TPSA) is 90.9 Å². The first kappa shape index (κ1) is 21.4. The second-order valence-electron chi connectivity index (χ2n) is 6.17. The molecule has 0 saturated heterocycles. The molecule has 8 heteroatoms. The fraction of sp³-hybridized carbons (Fsp3) is 0.300. The maximum atomic E-state index is 12.3. The molecule has 0 unspecified atom stereocenters. The number of hydrogen-bond donors (Lipinski definition) is 2. The van der Waals surface area contributed by atoms with Crippen molar-refractivity contribution in [3.05, 3.63) is 59.7 Å². The average Bonchev–Trinajstić information content (AvgIpc) is 2.68. The summed E-state index contributed by atoms with van der Waals surface area (Å²) in [5, 5.41) is 6.51. The molecule has 0 aliphatic carbocycles. The normalized spacial score (nSPS) is 11.4. The third-order valence-electron chi connectivity index (χ3n) is 4.18. The van der Waals surface area contributed by atoms with Crippen molar-refractivity contribution >= 4 is 27.8 Å². The van der Waals surface area contributed by atoms with Gasteiger partial charge >= 0.3 is 0 Å². The number of anilines is 1. The number of hydrazone groups is 1. The van der Waals surface area contributed by atoms with Gasteiger partial charge < -0.3 is 10.2 Å². The summed E-state index contributed by atoms with van der Waals surface area (Å²) in [6.45, 7) is 7.82. The minimum absolute atomic E-state index is 0.105. The Bertz CT molecular complexity index is 903. The summed E-state index contributed by atoms with van der Waals surface area (Å²) < 4.78 is 24.6. The maximum absolute atomic E-state index is 12.3. The van der Waals surface area contributed by atoms with Crippen molar-refractivity contribution in [3.63, 3.8) is 0 Å². The first-order valence-corrected chi connectivity index (χ1v) is 10.6. The van der Waals surface area contributed by atoms with Gasteiger partial charge in [-0.05, 0) is 49.2 Å². The fourth-order valence-corrected chi connectivity index (χ4v) is 3.39. The SMILES string of the molecule is CCN(CC)c1ccc(/C=N\NS(=O)(=O)c2ccc(CNC(C)=O)cc2)cc1. The first-order valence-electron chi connectivity index (χ1n) is 9.09. The number of carbonyl (C=O) groups is 1. The second-order valence-corrected chi connectivity index (χ2v) is 7.83. The summed E-state index contributed by atoms with van der Waals surface area (Å²) >= 11 is 0. The van der Waals surface area contributed by atoms with Crippen LogP contribution in [0, 0.1) is 0 Å². The molecule has 2 aromatic carbocycles. The van der Waals surface area contributed by atoms with Crippen LogP contribution in [0.3, 0.4) is 0 Å². The van der Waals surface area contributed by atoms with Gasteiger partial charge in [0.25, 0.3) is 10.0 Å². The van der Waals surface area contributed by atoms with Crippen LogP contribution in [-0.4, -0.2) is 33.6 Å². The van der Waals surface area contributed by atoms with Crippen LogP contribution in [0.25, 0.3) is 0 Å². The molecule has 28 heavy (non-hydrogen) atoms. The number of rotatable bonds is 9. The van der Waals surface area contributed by atoms with Crippen LogP contribution < -0.4 is 15.0 Å². The quantitative estimate of drug-likeness (QED) is 0.498. The lowest BCUT2D eigenvalue weighted by Gasteiger charge is -2.20. The number of hydrogen-bond acceptors (Lipinski definition) is 5. The Kier molecular flexibility index (Phi) is 7.57. The molecule has 150 valence electrons. The molecule has 1 amide bonds. The van der Waals surface area contributed by atoms with Gasteiger partial charge in [0.05, 0.1) is 11.1 Å². The fourth-order valence-electron chi connectivity index (χ4n) is 2.60. The summed E-state index contributed by atoms with van der Waals surface area (Å²) in [5.41, 5.74) is 2.72. The number of nitrogens with zero attached hydrogens (tertiary/aromatic N) is 2. The Morgan fingerprint density at radius 1 is 1.04 bits per heavy atom. The highest BCUT2D eigenvalue weighted by Crippen LogP contribution is 2.14. The van der Waals surface area contributed by atoms with E-state index in [9.17, 15) is 13.2 Å². The van der Waals surface area contributed by atoms with E-state index in [0.29, 0.717) is 6.54 Å². The van der Waals surface area contributed by atoms with E-state index >= 15 is 0 Å². The molecule has 0 spiro atoms. The van der Waals surface area contributed by atoms with Crippen LogP contribution >= 0.6 is 0 Å². The molecule has 7 nitrogen and oxygen atoms in total. The maximum Gasteiger partial charge on any atom is 0.276 e. The van der Waals surface area contributed by atoms with Crippen molar-refractivity contribution in [2.24, 2.45) is 5.10 Å². The lowest BCUT2D eigenvalue weighted by molar-refractivity contribution is -0.119. The van der Waals surface area contributed by atoms with E-state index in [1.165, 1.54) is 25.3 Å². The number of carbonyl (C=O) groups excluding carboxylic acids is 1. The third kappa shape index (κ3) is 6.09. The Balaban J connectivity index is 1.99.